The van der Waals surface area contributed by atoms with Gasteiger partial charge in [0.2, 0.25) is 0 Å². The number of oxime groups is 1. The molecule has 0 aliphatic heterocycles. The lowest BCUT2D eigenvalue weighted by atomic mass is 10.2. The van der Waals surface area contributed by atoms with Gasteiger partial charge in [0.25, 0.3) is 0 Å². The van der Waals surface area contributed by atoms with Crippen molar-refractivity contribution in [2.45, 2.75) is 13.0 Å². The number of nitrogens with two attached hydrogens (primary N) is 1. The molecule has 0 atom stereocenters. The van der Waals surface area contributed by atoms with Crippen LogP contribution in [-0.2, 0) is 6.54 Å². The van der Waals surface area contributed by atoms with Crippen molar-refractivity contribution in [2.24, 2.45) is 10.9 Å². The minimum Gasteiger partial charge on any atom is -0.409 e. The van der Waals surface area contributed by atoms with E-state index in [9.17, 15) is 8.78 Å². The summed E-state index contributed by atoms with van der Waals surface area (Å²) in [5.74, 6) is -0.801. The second-order valence-corrected chi connectivity index (χ2v) is 3.81. The molecule has 0 fully saturated rings. The fourth-order valence-corrected chi connectivity index (χ4v) is 1.39. The van der Waals surface area contributed by atoms with E-state index in [0.717, 1.165) is 18.2 Å². The third-order valence-electron chi connectivity index (χ3n) is 2.33. The van der Waals surface area contributed by atoms with E-state index in [4.69, 9.17) is 10.9 Å². The summed E-state index contributed by atoms with van der Waals surface area (Å²) in [6.45, 7) is 0.758. The predicted molar refractivity (Wildman–Crippen MR) is 60.7 cm³/mol. The number of amidine groups is 1. The van der Waals surface area contributed by atoms with Gasteiger partial charge in [-0.1, -0.05) is 5.16 Å². The molecule has 0 saturated heterocycles. The monoisotopic (exact) mass is 243 g/mol. The van der Waals surface area contributed by atoms with Gasteiger partial charge in [-0.25, -0.2) is 8.78 Å². The Kier molecular flexibility index (Phi) is 4.84. The van der Waals surface area contributed by atoms with Crippen LogP contribution in [0.1, 0.15) is 12.0 Å². The van der Waals surface area contributed by atoms with Gasteiger partial charge in [-0.15, -0.1) is 0 Å². The van der Waals surface area contributed by atoms with Gasteiger partial charge in [-0.3, -0.25) is 0 Å². The summed E-state index contributed by atoms with van der Waals surface area (Å²) < 4.78 is 26.2. The lowest BCUT2D eigenvalue weighted by Crippen LogP contribution is -2.24. The maximum absolute atomic E-state index is 13.3. The lowest BCUT2D eigenvalue weighted by Gasteiger charge is -2.16. The molecule has 1 aromatic rings. The van der Waals surface area contributed by atoms with E-state index in [2.05, 4.69) is 5.16 Å². The molecule has 17 heavy (non-hydrogen) atoms. The van der Waals surface area contributed by atoms with Crippen LogP contribution in [-0.4, -0.2) is 29.5 Å². The fourth-order valence-electron chi connectivity index (χ4n) is 1.39. The Morgan fingerprint density at radius 1 is 1.47 bits per heavy atom. The van der Waals surface area contributed by atoms with Crippen LogP contribution >= 0.6 is 0 Å². The van der Waals surface area contributed by atoms with Gasteiger partial charge < -0.3 is 15.8 Å². The molecule has 4 nitrogen and oxygen atoms in total. The first-order valence-corrected chi connectivity index (χ1v) is 5.12. The fraction of sp³-hybridized carbons (Fsp3) is 0.364. The summed E-state index contributed by atoms with van der Waals surface area (Å²) in [6, 6.07) is 3.34. The highest BCUT2D eigenvalue weighted by Crippen LogP contribution is 2.11. The molecule has 94 valence electrons. The van der Waals surface area contributed by atoms with Crippen molar-refractivity contribution in [1.29, 1.82) is 0 Å². The molecule has 0 unspecified atom stereocenters. The molecule has 0 radical (unpaired) electrons. The van der Waals surface area contributed by atoms with E-state index in [0.29, 0.717) is 13.0 Å². The second-order valence-electron chi connectivity index (χ2n) is 3.81. The number of hydrogen-bond acceptors (Lipinski definition) is 3. The lowest BCUT2D eigenvalue weighted by molar-refractivity contribution is 0.308. The Morgan fingerprint density at radius 3 is 2.82 bits per heavy atom. The van der Waals surface area contributed by atoms with Crippen LogP contribution in [0.15, 0.2) is 23.4 Å². The highest BCUT2D eigenvalue weighted by atomic mass is 19.1. The van der Waals surface area contributed by atoms with E-state index in [1.807, 2.05) is 0 Å². The van der Waals surface area contributed by atoms with Crippen LogP contribution in [0, 0.1) is 11.6 Å². The first kappa shape index (κ1) is 13.4. The summed E-state index contributed by atoms with van der Waals surface area (Å²) in [7, 11) is 1.75. The zero-order valence-electron chi connectivity index (χ0n) is 9.53. The Hall–Kier alpha value is -1.69. The van der Waals surface area contributed by atoms with Gasteiger partial charge in [0, 0.05) is 25.1 Å². The molecule has 6 heteroatoms. The molecule has 0 aliphatic rings. The standard InChI is InChI=1S/C11H15F2N3O/c1-16(5-4-11(14)15-17)7-8-6-9(12)2-3-10(8)13/h2-3,6,17H,4-5,7H2,1H3,(H2,14,15). The van der Waals surface area contributed by atoms with Crippen molar-refractivity contribution in [2.75, 3.05) is 13.6 Å². The van der Waals surface area contributed by atoms with E-state index in [1.54, 1.807) is 11.9 Å². The van der Waals surface area contributed by atoms with E-state index in [-0.39, 0.29) is 17.9 Å². The zero-order valence-corrected chi connectivity index (χ0v) is 9.53. The maximum Gasteiger partial charge on any atom is 0.140 e. The maximum atomic E-state index is 13.3. The normalized spacial score (nSPS) is 12.1. The SMILES string of the molecule is CN(CCC(N)=NO)Cc1cc(F)ccc1F. The van der Waals surface area contributed by atoms with E-state index in [1.165, 1.54) is 0 Å². The van der Waals surface area contributed by atoms with E-state index >= 15 is 0 Å². The number of rotatable bonds is 5. The summed E-state index contributed by atoms with van der Waals surface area (Å²) in [5, 5.41) is 11.2. The molecule has 1 rings (SSSR count). The zero-order chi connectivity index (χ0) is 12.8. The molecule has 0 heterocycles. The van der Waals surface area contributed by atoms with Crippen molar-refractivity contribution in [3.05, 3.63) is 35.4 Å². The average molecular weight is 243 g/mol. The van der Waals surface area contributed by atoms with Crippen LogP contribution < -0.4 is 5.73 Å². The molecule has 0 saturated carbocycles. The Bertz CT molecular complexity index is 410. The van der Waals surface area contributed by atoms with Crippen molar-refractivity contribution >= 4 is 5.84 Å². The van der Waals surface area contributed by atoms with Crippen LogP contribution in [0.3, 0.4) is 0 Å². The first-order chi connectivity index (χ1) is 8.02. The third kappa shape index (κ3) is 4.36. The topological polar surface area (TPSA) is 61.8 Å². The number of halogens is 2. The van der Waals surface area contributed by atoms with E-state index < -0.39 is 11.6 Å². The van der Waals surface area contributed by atoms with Gasteiger partial charge in [0.1, 0.15) is 17.5 Å². The highest BCUT2D eigenvalue weighted by molar-refractivity contribution is 5.79. The van der Waals surface area contributed by atoms with Gasteiger partial charge in [-0.05, 0) is 25.2 Å². The van der Waals surface area contributed by atoms with Gasteiger partial charge >= 0.3 is 0 Å². The average Bonchev–Trinajstić information content (AvgIpc) is 2.30. The van der Waals surface area contributed by atoms with Crippen molar-refractivity contribution in [1.82, 2.24) is 4.90 Å². The van der Waals surface area contributed by atoms with Gasteiger partial charge in [-0.2, -0.15) is 0 Å². The molecule has 0 bridgehead atoms. The first-order valence-electron chi connectivity index (χ1n) is 5.12. The second kappa shape index (κ2) is 6.15. The van der Waals surface area contributed by atoms with Gasteiger partial charge in [0.15, 0.2) is 0 Å². The summed E-state index contributed by atoms with van der Waals surface area (Å²) in [5.41, 5.74) is 5.59. The van der Waals surface area contributed by atoms with Crippen LogP contribution in [0.25, 0.3) is 0 Å². The molecule has 1 aromatic carbocycles. The minimum atomic E-state index is -0.466. The predicted octanol–water partition coefficient (Wildman–Crippen LogP) is 1.53. The summed E-state index contributed by atoms with van der Waals surface area (Å²) >= 11 is 0. The summed E-state index contributed by atoms with van der Waals surface area (Å²) in [6.07, 6.45) is 0.365. The quantitative estimate of drug-likeness (QED) is 0.357. The van der Waals surface area contributed by atoms with Crippen molar-refractivity contribution in [3.63, 3.8) is 0 Å². The Balaban J connectivity index is 2.55. The van der Waals surface area contributed by atoms with Crippen LogP contribution in [0.2, 0.25) is 0 Å². The van der Waals surface area contributed by atoms with Crippen LogP contribution in [0.4, 0.5) is 8.78 Å². The van der Waals surface area contributed by atoms with Crippen LogP contribution in [0.5, 0.6) is 0 Å². The summed E-state index contributed by atoms with van der Waals surface area (Å²) in [4.78, 5) is 1.76. The molecule has 3 N–H and O–H groups in total. The van der Waals surface area contributed by atoms with Crippen molar-refractivity contribution in [3.8, 4) is 0 Å². The Labute approximate surface area is 98.3 Å². The van der Waals surface area contributed by atoms with Gasteiger partial charge in [0.05, 0.1) is 0 Å². The number of nitrogens with zero attached hydrogens (tertiary/aromatic N) is 2. The number of hydrogen-bond donors (Lipinski definition) is 2. The Morgan fingerprint density at radius 2 is 2.18 bits per heavy atom. The molecular formula is C11H15F2N3O. The molecule has 0 aromatic heterocycles. The van der Waals surface area contributed by atoms with Crippen molar-refractivity contribution < 1.29 is 14.0 Å². The molecular weight excluding hydrogens is 228 g/mol. The smallest absolute Gasteiger partial charge is 0.140 e. The largest absolute Gasteiger partial charge is 0.409 e. The molecule has 0 spiro atoms. The molecule has 0 aliphatic carbocycles. The number of benzene rings is 1. The minimum absolute atomic E-state index is 0.108. The third-order valence-corrected chi connectivity index (χ3v) is 2.33. The molecule has 0 amide bonds. The highest BCUT2D eigenvalue weighted by Gasteiger charge is 2.07.